The Morgan fingerprint density at radius 3 is 1.08 bits per heavy atom. The summed E-state index contributed by atoms with van der Waals surface area (Å²) in [6, 6.07) is 81.6. The van der Waals surface area contributed by atoms with Crippen molar-refractivity contribution < 1.29 is 23.3 Å². The van der Waals surface area contributed by atoms with E-state index in [4.69, 9.17) is 4.11 Å². The summed E-state index contributed by atoms with van der Waals surface area (Å²) in [6.07, 6.45) is 0. The minimum Gasteiger partial charge on any atom is -0.311 e. The molecule has 102 heavy (non-hydrogen) atoms. The van der Waals surface area contributed by atoms with Gasteiger partial charge in [0.05, 0.1) is 62.1 Å². The maximum Gasteiger partial charge on any atom is 0.252 e. The van der Waals surface area contributed by atoms with Gasteiger partial charge in [0.2, 0.25) is 0 Å². The van der Waals surface area contributed by atoms with Crippen LogP contribution in [0, 0.1) is 0 Å². The van der Waals surface area contributed by atoms with Gasteiger partial charge in [-0.1, -0.05) is 261 Å². The molecular weight excluding hydrogens is 1230 g/mol. The summed E-state index contributed by atoms with van der Waals surface area (Å²) in [4.78, 5) is 4.23. The van der Waals surface area contributed by atoms with Crippen LogP contribution >= 0.6 is 0 Å². The normalized spacial score (nSPS) is 14.8. The van der Waals surface area contributed by atoms with Crippen LogP contribution in [-0.4, -0.2) is 20.4 Å². The molecule has 0 unspecified atom stereocenters. The molecule has 16 aromatic carbocycles. The standard InChI is InChI=1S/C96H62BN5/c1-6-26-63(27-7-1)68-46-49-84-92(58-68)101(75-54-69(64-28-8-2-9-29-64)52-70(55-75)65-30-10-3-11-31-65)94-61-77(100-88-43-23-18-38-80(88)81-39-19-24-44-89(81)100)62-95-96(94)97(84)85-50-47-74(60-93(85)102(95)76-56-71(66-32-12-4-13-33-66)53-72(57-76)67-34-14-5-15-35-67)99-90-45-25-20-40-82(90)83-59-73(48-51-91(83)99)98-86-41-21-16-36-78(86)79-37-17-22-42-87(79)98/h1-62H/i1D,6D,7D,18D,19D,20D,23D,24D,25D,26D,27D,38D,39D,40D,43D,44D,45D. The summed E-state index contributed by atoms with van der Waals surface area (Å²) in [6.45, 7) is -0.830. The first kappa shape index (κ1) is 43.1. The third kappa shape index (κ3) is 9.06. The molecule has 0 fully saturated rings. The van der Waals surface area contributed by atoms with Crippen molar-refractivity contribution in [2.45, 2.75) is 0 Å². The molecule has 3 aromatic heterocycles. The molecule has 0 bridgehead atoms. The monoisotopic (exact) mass is 1310 g/mol. The van der Waals surface area contributed by atoms with Crippen LogP contribution in [0.15, 0.2) is 376 Å². The van der Waals surface area contributed by atoms with Crippen molar-refractivity contribution in [1.29, 1.82) is 0 Å². The summed E-state index contributed by atoms with van der Waals surface area (Å²) in [5.74, 6) is 0. The number of anilines is 6. The van der Waals surface area contributed by atoms with Crippen LogP contribution in [0.3, 0.4) is 0 Å². The van der Waals surface area contributed by atoms with Gasteiger partial charge >= 0.3 is 0 Å². The molecule has 19 aromatic rings. The predicted octanol–water partition coefficient (Wildman–Crippen LogP) is 23.4. The van der Waals surface area contributed by atoms with Gasteiger partial charge < -0.3 is 23.5 Å². The van der Waals surface area contributed by atoms with Gasteiger partial charge in [0.15, 0.2) is 0 Å². The second kappa shape index (κ2) is 23.1. The molecule has 0 radical (unpaired) electrons. The van der Waals surface area contributed by atoms with Gasteiger partial charge in [0.25, 0.3) is 6.71 Å². The maximum absolute atomic E-state index is 10.1. The van der Waals surface area contributed by atoms with Gasteiger partial charge in [-0.3, -0.25) is 0 Å². The SMILES string of the molecule is [2H]c1c([2H])c([2H])c(-c2ccc3c(c2)N(c2cc(-c4ccccc4)cc(-c4ccccc4)c2)c2cc(-n4c5c([2H])c([2H])c([2H])c([2H])c5c5c([2H])c([2H])c([2H])c([2H])c54)cc4c2B3c2ccc(-n3c5ccc(-n6c7ccccc7c7ccccc76)cc5c5c([2H])c([2H])c([2H])c([2H])c53)cc2N4c2cc(-c3ccccc3)cc(-c3ccccc3)c2)c([2H])c1[2H]. The van der Waals surface area contributed by atoms with E-state index in [1.807, 2.05) is 211 Å². The average Bonchev–Trinajstić information content (AvgIpc) is 1.66. The number of aromatic nitrogens is 3. The zero-order valence-corrected chi connectivity index (χ0v) is 54.3. The third-order valence-corrected chi connectivity index (χ3v) is 20.4. The number of hydrogen-bond donors (Lipinski definition) is 0. The van der Waals surface area contributed by atoms with E-state index in [1.165, 1.54) is 4.57 Å². The Kier molecular flexibility index (Phi) is 9.76. The highest BCUT2D eigenvalue weighted by Crippen LogP contribution is 2.50. The molecule has 6 heteroatoms. The van der Waals surface area contributed by atoms with Gasteiger partial charge in [0, 0.05) is 77.8 Å². The number of benzene rings is 16. The summed E-state index contributed by atoms with van der Waals surface area (Å²) in [7, 11) is 0. The topological polar surface area (TPSA) is 21.3 Å². The Morgan fingerprint density at radius 1 is 0.206 bits per heavy atom. The molecule has 0 amide bonds. The highest BCUT2D eigenvalue weighted by molar-refractivity contribution is 7.00. The summed E-state index contributed by atoms with van der Waals surface area (Å²) < 4.78 is 168. The van der Waals surface area contributed by atoms with Crippen molar-refractivity contribution in [3.63, 3.8) is 0 Å². The van der Waals surface area contributed by atoms with Crippen LogP contribution in [0.25, 0.3) is 138 Å². The Bertz CT molecular complexity index is 7390. The first-order valence-corrected chi connectivity index (χ1v) is 33.9. The molecule has 5 heterocycles. The minimum absolute atomic E-state index is 0.0609. The van der Waals surface area contributed by atoms with E-state index in [1.54, 1.807) is 6.07 Å². The first-order chi connectivity index (χ1) is 57.6. The predicted molar refractivity (Wildman–Crippen MR) is 431 cm³/mol. The fraction of sp³-hybridized carbons (Fsp3) is 0. The van der Waals surface area contributed by atoms with Gasteiger partial charge in [-0.05, 0) is 187 Å². The number of nitrogens with zero attached hydrogens (tertiary/aromatic N) is 5. The van der Waals surface area contributed by atoms with Crippen LogP contribution in [0.1, 0.15) is 23.3 Å². The molecule has 2 aliphatic rings. The highest BCUT2D eigenvalue weighted by atomic mass is 15.2. The van der Waals surface area contributed by atoms with Crippen molar-refractivity contribution in [2.75, 3.05) is 9.80 Å². The van der Waals surface area contributed by atoms with Crippen LogP contribution in [-0.2, 0) is 0 Å². The van der Waals surface area contributed by atoms with Crippen molar-refractivity contribution in [3.8, 4) is 72.7 Å². The van der Waals surface area contributed by atoms with E-state index in [2.05, 4.69) is 75.0 Å². The molecule has 474 valence electrons. The third-order valence-electron chi connectivity index (χ3n) is 20.4. The molecule has 21 rings (SSSR count). The van der Waals surface area contributed by atoms with Crippen LogP contribution in [0.4, 0.5) is 34.1 Å². The van der Waals surface area contributed by atoms with Gasteiger partial charge in [0.1, 0.15) is 0 Å². The zero-order chi connectivity index (χ0) is 81.7. The fourth-order valence-electron chi connectivity index (χ4n) is 16.0. The number of hydrogen-bond acceptors (Lipinski definition) is 2. The van der Waals surface area contributed by atoms with Gasteiger partial charge in [-0.2, -0.15) is 0 Å². The lowest BCUT2D eigenvalue weighted by Gasteiger charge is -2.45. The largest absolute Gasteiger partial charge is 0.311 e. The Labute approximate surface area is 615 Å². The van der Waals surface area contributed by atoms with Gasteiger partial charge in [-0.15, -0.1) is 0 Å². The number of fused-ring (bicyclic) bond motifs is 13. The number of rotatable bonds is 10. The molecule has 2 aliphatic heterocycles. The highest BCUT2D eigenvalue weighted by Gasteiger charge is 2.45. The van der Waals surface area contributed by atoms with Crippen LogP contribution < -0.4 is 26.2 Å². The van der Waals surface area contributed by atoms with E-state index >= 15 is 0 Å². The Hall–Kier alpha value is -13.4. The van der Waals surface area contributed by atoms with Crippen LogP contribution in [0.2, 0.25) is 0 Å². The van der Waals surface area contributed by atoms with Crippen LogP contribution in [0.5, 0.6) is 0 Å². The lowest BCUT2D eigenvalue weighted by Crippen LogP contribution is -2.61. The summed E-state index contributed by atoms with van der Waals surface area (Å²) >= 11 is 0. The van der Waals surface area contributed by atoms with E-state index in [0.717, 1.165) is 77.5 Å². The van der Waals surface area contributed by atoms with Crippen molar-refractivity contribution in [2.24, 2.45) is 0 Å². The lowest BCUT2D eigenvalue weighted by atomic mass is 9.33. The fourth-order valence-corrected chi connectivity index (χ4v) is 16.0. The second-order valence-corrected chi connectivity index (χ2v) is 25.9. The Balaban J connectivity index is 0.946. The Morgan fingerprint density at radius 2 is 0.578 bits per heavy atom. The summed E-state index contributed by atoms with van der Waals surface area (Å²) in [5.41, 5.74) is 16.0. The maximum atomic E-state index is 10.1. The zero-order valence-electron chi connectivity index (χ0n) is 71.3. The van der Waals surface area contributed by atoms with Crippen molar-refractivity contribution in [1.82, 2.24) is 13.7 Å². The molecule has 0 aliphatic carbocycles. The molecule has 5 nitrogen and oxygen atoms in total. The first-order valence-electron chi connectivity index (χ1n) is 42.4. The molecule has 0 atom stereocenters. The molecule has 0 saturated heterocycles. The van der Waals surface area contributed by atoms with E-state index < -0.39 is 97.3 Å². The molecule has 0 N–H and O–H groups in total. The minimum atomic E-state index is -0.830. The second-order valence-electron chi connectivity index (χ2n) is 25.9. The quantitative estimate of drug-likeness (QED) is 0.127. The van der Waals surface area contributed by atoms with Crippen molar-refractivity contribution in [3.05, 3.63) is 376 Å². The molecule has 0 spiro atoms. The smallest absolute Gasteiger partial charge is 0.252 e. The van der Waals surface area contributed by atoms with Gasteiger partial charge in [-0.25, -0.2) is 0 Å². The summed E-state index contributed by atoms with van der Waals surface area (Å²) in [5, 5.41) is 2.62. The molecular formula is C96H62BN5. The average molecular weight is 1310 g/mol. The lowest BCUT2D eigenvalue weighted by molar-refractivity contribution is 1.15. The molecule has 0 saturated carbocycles. The van der Waals surface area contributed by atoms with Crippen molar-refractivity contribution >= 4 is 123 Å². The van der Waals surface area contributed by atoms with E-state index in [0.29, 0.717) is 61.6 Å². The van der Waals surface area contributed by atoms with E-state index in [9.17, 15) is 19.2 Å². The number of para-hydroxylation sites is 5. The van der Waals surface area contributed by atoms with E-state index in [-0.39, 0.29) is 61.6 Å².